The third-order valence-electron chi connectivity index (χ3n) is 4.78. The second-order valence-corrected chi connectivity index (χ2v) is 7.49. The number of rotatable bonds is 4. The summed E-state index contributed by atoms with van der Waals surface area (Å²) >= 11 is 3.44. The van der Waals surface area contributed by atoms with E-state index < -0.39 is 0 Å². The first-order chi connectivity index (χ1) is 13.7. The monoisotopic (exact) mass is 434 g/mol. The predicted octanol–water partition coefficient (Wildman–Crippen LogP) is 5.45. The van der Waals surface area contributed by atoms with Crippen LogP contribution in [0.5, 0.6) is 5.75 Å². The van der Waals surface area contributed by atoms with Crippen molar-refractivity contribution in [3.63, 3.8) is 0 Å². The molecule has 4 rings (SSSR count). The number of hydrogen-bond acceptors (Lipinski definition) is 3. The smallest absolute Gasteiger partial charge is 0.274 e. The molecule has 0 bridgehead atoms. The first kappa shape index (κ1) is 18.4. The molecule has 0 radical (unpaired) electrons. The van der Waals surface area contributed by atoms with Gasteiger partial charge in [-0.3, -0.25) is 4.79 Å². The molecule has 0 fully saturated rings. The van der Waals surface area contributed by atoms with Crippen molar-refractivity contribution in [2.75, 3.05) is 7.11 Å². The van der Waals surface area contributed by atoms with E-state index >= 15 is 0 Å². The number of hydrogen-bond donors (Lipinski definition) is 0. The molecule has 0 aromatic heterocycles. The highest BCUT2D eigenvalue weighted by Gasteiger charge is 2.33. The van der Waals surface area contributed by atoms with Crippen molar-refractivity contribution in [3.8, 4) is 5.75 Å². The Balaban J connectivity index is 1.74. The minimum absolute atomic E-state index is 0.118. The van der Waals surface area contributed by atoms with Crippen LogP contribution in [-0.4, -0.2) is 23.7 Å². The van der Waals surface area contributed by atoms with Gasteiger partial charge in [0.05, 0.1) is 18.9 Å². The van der Waals surface area contributed by atoms with Gasteiger partial charge in [0.15, 0.2) is 0 Å². The highest BCUT2D eigenvalue weighted by atomic mass is 79.9. The van der Waals surface area contributed by atoms with Crippen molar-refractivity contribution in [1.29, 1.82) is 0 Å². The fraction of sp³-hybridized carbons (Fsp3) is 0.130. The topological polar surface area (TPSA) is 41.9 Å². The third kappa shape index (κ3) is 3.71. The van der Waals surface area contributed by atoms with Crippen molar-refractivity contribution in [2.24, 2.45) is 5.10 Å². The molecule has 3 aromatic rings. The summed E-state index contributed by atoms with van der Waals surface area (Å²) in [4.78, 5) is 13.3. The fourth-order valence-electron chi connectivity index (χ4n) is 3.36. The first-order valence-corrected chi connectivity index (χ1v) is 9.81. The quantitative estimate of drug-likeness (QED) is 0.547. The molecule has 0 saturated heterocycles. The van der Waals surface area contributed by atoms with Gasteiger partial charge >= 0.3 is 0 Å². The zero-order chi connectivity index (χ0) is 19.5. The second-order valence-electron chi connectivity index (χ2n) is 6.57. The molecule has 0 N–H and O–H groups in total. The number of carbonyl (C=O) groups is 1. The summed E-state index contributed by atoms with van der Waals surface area (Å²) in [5, 5.41) is 6.33. The van der Waals surface area contributed by atoms with Crippen LogP contribution in [0.2, 0.25) is 0 Å². The third-order valence-corrected chi connectivity index (χ3v) is 5.27. The summed E-state index contributed by atoms with van der Waals surface area (Å²) < 4.78 is 6.21. The lowest BCUT2D eigenvalue weighted by atomic mass is 9.98. The summed E-state index contributed by atoms with van der Waals surface area (Å²) in [6.07, 6.45) is 0.650. The zero-order valence-electron chi connectivity index (χ0n) is 15.4. The van der Waals surface area contributed by atoms with Gasteiger partial charge in [-0.05, 0) is 35.9 Å². The van der Waals surface area contributed by atoms with Gasteiger partial charge in [0.25, 0.3) is 5.91 Å². The molecule has 5 heteroatoms. The van der Waals surface area contributed by atoms with Crippen molar-refractivity contribution in [1.82, 2.24) is 5.01 Å². The average molecular weight is 435 g/mol. The lowest BCUT2D eigenvalue weighted by molar-refractivity contribution is 0.0711. The fourth-order valence-corrected chi connectivity index (χ4v) is 3.76. The highest BCUT2D eigenvalue weighted by Crippen LogP contribution is 2.34. The van der Waals surface area contributed by atoms with Gasteiger partial charge in [-0.2, -0.15) is 5.10 Å². The molecular weight excluding hydrogens is 416 g/mol. The van der Waals surface area contributed by atoms with Crippen molar-refractivity contribution in [2.45, 2.75) is 12.5 Å². The Bertz CT molecular complexity index is 1030. The van der Waals surface area contributed by atoms with Gasteiger partial charge in [0.1, 0.15) is 5.75 Å². The number of carbonyl (C=O) groups excluding carboxylic acids is 1. The molecule has 1 aliphatic rings. The molecule has 1 amide bonds. The summed E-state index contributed by atoms with van der Waals surface area (Å²) in [7, 11) is 1.64. The van der Waals surface area contributed by atoms with E-state index in [1.807, 2.05) is 78.9 Å². The Kier molecular flexibility index (Phi) is 5.26. The standard InChI is InChI=1S/C23H19BrN2O2/c1-28-20-12-6-9-17(14-20)21-15-22(16-7-3-2-4-8-16)26(25-21)23(27)18-10-5-11-19(24)13-18/h2-14,22H,15H2,1H3. The summed E-state index contributed by atoms with van der Waals surface area (Å²) in [5.74, 6) is 0.654. The van der Waals surface area contributed by atoms with Gasteiger partial charge in [-0.15, -0.1) is 0 Å². The predicted molar refractivity (Wildman–Crippen MR) is 114 cm³/mol. The summed E-state index contributed by atoms with van der Waals surface area (Å²) in [6.45, 7) is 0. The first-order valence-electron chi connectivity index (χ1n) is 9.01. The maximum Gasteiger partial charge on any atom is 0.274 e. The molecule has 140 valence electrons. The molecule has 1 heterocycles. The Hall–Kier alpha value is -2.92. The van der Waals surface area contributed by atoms with Crippen LogP contribution in [0.4, 0.5) is 0 Å². The number of halogens is 1. The SMILES string of the molecule is COc1cccc(C2=NN(C(=O)c3cccc(Br)c3)C(c3ccccc3)C2)c1. The van der Waals surface area contributed by atoms with E-state index in [4.69, 9.17) is 9.84 Å². The van der Waals surface area contributed by atoms with E-state index in [9.17, 15) is 4.79 Å². The average Bonchev–Trinajstić information content (AvgIpc) is 3.19. The molecule has 0 saturated carbocycles. The highest BCUT2D eigenvalue weighted by molar-refractivity contribution is 9.10. The molecule has 3 aromatic carbocycles. The van der Waals surface area contributed by atoms with Gasteiger partial charge < -0.3 is 4.74 Å². The Morgan fingerprint density at radius 1 is 1.04 bits per heavy atom. The number of hydrazone groups is 1. The number of nitrogens with zero attached hydrogens (tertiary/aromatic N) is 2. The lowest BCUT2D eigenvalue weighted by Crippen LogP contribution is -2.27. The van der Waals surface area contributed by atoms with Crippen LogP contribution in [0.1, 0.15) is 33.9 Å². The largest absolute Gasteiger partial charge is 0.497 e. The van der Waals surface area contributed by atoms with Crippen molar-refractivity contribution in [3.05, 3.63) is 100 Å². The van der Waals surface area contributed by atoms with Crippen molar-refractivity contribution >= 4 is 27.5 Å². The molecule has 0 spiro atoms. The number of methoxy groups -OCH3 is 1. The van der Waals surface area contributed by atoms with Crippen LogP contribution in [-0.2, 0) is 0 Å². The van der Waals surface area contributed by atoms with E-state index in [1.165, 1.54) is 0 Å². The van der Waals surface area contributed by atoms with E-state index in [2.05, 4.69) is 15.9 Å². The van der Waals surface area contributed by atoms with Gasteiger partial charge in [-0.1, -0.05) is 64.5 Å². The van der Waals surface area contributed by atoms with Crippen LogP contribution in [0.25, 0.3) is 0 Å². The van der Waals surface area contributed by atoms with E-state index in [-0.39, 0.29) is 11.9 Å². The molecule has 28 heavy (non-hydrogen) atoms. The number of amides is 1. The maximum absolute atomic E-state index is 13.3. The molecule has 4 nitrogen and oxygen atoms in total. The molecule has 1 atom stereocenters. The van der Waals surface area contributed by atoms with Gasteiger partial charge in [0, 0.05) is 22.0 Å². The Labute approximate surface area is 172 Å². The van der Waals surface area contributed by atoms with Gasteiger partial charge in [-0.25, -0.2) is 5.01 Å². The summed E-state index contributed by atoms with van der Waals surface area (Å²) in [5.41, 5.74) is 3.50. The van der Waals surface area contributed by atoms with Crippen LogP contribution < -0.4 is 4.74 Å². The number of benzene rings is 3. The van der Waals surface area contributed by atoms with Gasteiger partial charge in [0.2, 0.25) is 0 Å². The molecule has 1 aliphatic heterocycles. The molecule has 0 aliphatic carbocycles. The normalized spacial score (nSPS) is 16.0. The van der Waals surface area contributed by atoms with Crippen LogP contribution in [0, 0.1) is 0 Å². The minimum Gasteiger partial charge on any atom is -0.497 e. The zero-order valence-corrected chi connectivity index (χ0v) is 17.0. The maximum atomic E-state index is 13.3. The van der Waals surface area contributed by atoms with E-state index in [1.54, 1.807) is 12.1 Å². The Morgan fingerprint density at radius 3 is 2.57 bits per heavy atom. The van der Waals surface area contributed by atoms with E-state index in [0.29, 0.717) is 12.0 Å². The Morgan fingerprint density at radius 2 is 1.82 bits per heavy atom. The minimum atomic E-state index is -0.145. The van der Waals surface area contributed by atoms with Crippen LogP contribution in [0.15, 0.2) is 88.4 Å². The van der Waals surface area contributed by atoms with Crippen molar-refractivity contribution < 1.29 is 9.53 Å². The van der Waals surface area contributed by atoms with Crippen LogP contribution in [0.3, 0.4) is 0 Å². The lowest BCUT2D eigenvalue weighted by Gasteiger charge is -2.22. The second kappa shape index (κ2) is 7.98. The van der Waals surface area contributed by atoms with E-state index in [0.717, 1.165) is 27.1 Å². The molecule has 1 unspecified atom stereocenters. The number of ether oxygens (including phenoxy) is 1. The molecular formula is C23H19BrN2O2. The van der Waals surface area contributed by atoms with Crippen LogP contribution >= 0.6 is 15.9 Å². The summed E-state index contributed by atoms with van der Waals surface area (Å²) in [6, 6.07) is 25.1.